The Hall–Kier alpha value is -1.86. The molecule has 104 valence electrons. The molecule has 0 saturated heterocycles. The lowest BCUT2D eigenvalue weighted by Gasteiger charge is -2.15. The maximum absolute atomic E-state index is 5.71. The van der Waals surface area contributed by atoms with Crippen LogP contribution in [0.3, 0.4) is 0 Å². The molecule has 0 aliphatic heterocycles. The molecule has 1 aromatic rings. The Bertz CT molecular complexity index is 435. The molecule has 0 fully saturated rings. The Morgan fingerprint density at radius 3 is 2.26 bits per heavy atom. The maximum Gasteiger partial charge on any atom is 0.203 e. The average Bonchev–Trinajstić information content (AvgIpc) is 2.44. The number of methoxy groups -OCH3 is 2. The van der Waals surface area contributed by atoms with E-state index < -0.39 is 0 Å². The van der Waals surface area contributed by atoms with Gasteiger partial charge in [0.2, 0.25) is 5.75 Å². The van der Waals surface area contributed by atoms with Gasteiger partial charge in [-0.05, 0) is 31.7 Å². The van der Waals surface area contributed by atoms with Crippen molar-refractivity contribution in [3.05, 3.63) is 17.7 Å². The molecule has 1 N–H and O–H groups in total. The Kier molecular flexibility index (Phi) is 6.62. The van der Waals surface area contributed by atoms with Crippen molar-refractivity contribution in [1.29, 1.82) is 0 Å². The first-order valence-electron chi connectivity index (χ1n) is 6.18. The largest absolute Gasteiger partial charge is 0.493 e. The van der Waals surface area contributed by atoms with E-state index in [9.17, 15) is 0 Å². The molecule has 0 aromatic heterocycles. The molecule has 0 atom stereocenters. The van der Waals surface area contributed by atoms with Gasteiger partial charge in [-0.2, -0.15) is 0 Å². The third-order valence-electron chi connectivity index (χ3n) is 2.55. The summed E-state index contributed by atoms with van der Waals surface area (Å²) in [5.74, 6) is 7.77. The summed E-state index contributed by atoms with van der Waals surface area (Å²) < 4.78 is 16.4. The first kappa shape index (κ1) is 15.2. The van der Waals surface area contributed by atoms with Crippen molar-refractivity contribution >= 4 is 0 Å². The highest BCUT2D eigenvalue weighted by Crippen LogP contribution is 2.38. The van der Waals surface area contributed by atoms with Crippen LogP contribution in [0.4, 0.5) is 0 Å². The van der Waals surface area contributed by atoms with Crippen molar-refractivity contribution in [2.24, 2.45) is 0 Å². The van der Waals surface area contributed by atoms with Crippen LogP contribution in [-0.4, -0.2) is 27.9 Å². The molecular formula is C15H21NO3. The van der Waals surface area contributed by atoms with Crippen LogP contribution in [0.15, 0.2) is 12.1 Å². The Morgan fingerprint density at radius 1 is 1.16 bits per heavy atom. The average molecular weight is 263 g/mol. The van der Waals surface area contributed by atoms with Gasteiger partial charge in [0.15, 0.2) is 11.5 Å². The maximum atomic E-state index is 5.71. The number of rotatable bonds is 7. The van der Waals surface area contributed by atoms with Crippen LogP contribution >= 0.6 is 0 Å². The molecule has 0 spiro atoms. The van der Waals surface area contributed by atoms with Crippen molar-refractivity contribution in [3.63, 3.8) is 0 Å². The highest BCUT2D eigenvalue weighted by atomic mass is 16.5. The molecule has 0 radical (unpaired) electrons. The normalized spacial score (nSPS) is 9.47. The number of nitrogens with one attached hydrogen (secondary N) is 1. The van der Waals surface area contributed by atoms with Gasteiger partial charge in [0.25, 0.3) is 0 Å². The number of hydrogen-bond acceptors (Lipinski definition) is 4. The highest BCUT2D eigenvalue weighted by Gasteiger charge is 2.13. The predicted molar refractivity (Wildman–Crippen MR) is 75.9 cm³/mol. The second kappa shape index (κ2) is 8.28. The van der Waals surface area contributed by atoms with Gasteiger partial charge in [-0.3, -0.25) is 0 Å². The van der Waals surface area contributed by atoms with Gasteiger partial charge in [0, 0.05) is 13.0 Å². The zero-order valence-corrected chi connectivity index (χ0v) is 12.0. The molecule has 0 bridgehead atoms. The van der Waals surface area contributed by atoms with Gasteiger partial charge in [-0.15, -0.1) is 11.8 Å². The molecular weight excluding hydrogens is 242 g/mol. The molecule has 0 unspecified atom stereocenters. The van der Waals surface area contributed by atoms with E-state index in [4.69, 9.17) is 14.2 Å². The summed E-state index contributed by atoms with van der Waals surface area (Å²) in [4.78, 5) is 0. The monoisotopic (exact) mass is 263 g/mol. The standard InChI is InChI=1S/C15H21NO3/c1-5-6-7-8-19-15-13(17-3)9-12(11-16-2)10-14(15)18-4/h9-10,16H,7-8,11H2,1-4H3. The van der Waals surface area contributed by atoms with Gasteiger partial charge < -0.3 is 19.5 Å². The second-order valence-corrected chi connectivity index (χ2v) is 3.89. The lowest BCUT2D eigenvalue weighted by molar-refractivity contribution is 0.280. The van der Waals surface area contributed by atoms with Crippen molar-refractivity contribution in [2.45, 2.75) is 19.9 Å². The third kappa shape index (κ3) is 4.38. The number of benzene rings is 1. The minimum atomic E-state index is 0.513. The molecule has 1 rings (SSSR count). The fourth-order valence-electron chi connectivity index (χ4n) is 1.71. The Balaban J connectivity index is 2.94. The molecule has 1 aromatic carbocycles. The van der Waals surface area contributed by atoms with Gasteiger partial charge in [0.05, 0.1) is 20.8 Å². The summed E-state index contributed by atoms with van der Waals surface area (Å²) in [5.41, 5.74) is 1.08. The SMILES string of the molecule is CC#CCCOc1c(OC)cc(CNC)cc1OC. The van der Waals surface area contributed by atoms with Gasteiger partial charge >= 0.3 is 0 Å². The zero-order valence-electron chi connectivity index (χ0n) is 12.0. The predicted octanol–water partition coefficient (Wildman–Crippen LogP) is 2.22. The summed E-state index contributed by atoms with van der Waals surface area (Å²) >= 11 is 0. The van der Waals surface area contributed by atoms with Crippen molar-refractivity contribution in [1.82, 2.24) is 5.32 Å². The van der Waals surface area contributed by atoms with Crippen molar-refractivity contribution in [3.8, 4) is 29.1 Å². The van der Waals surface area contributed by atoms with Crippen molar-refractivity contribution < 1.29 is 14.2 Å². The minimum Gasteiger partial charge on any atom is -0.493 e. The van der Waals surface area contributed by atoms with E-state index in [0.717, 1.165) is 12.1 Å². The molecule has 0 amide bonds. The summed E-state index contributed by atoms with van der Waals surface area (Å²) in [6.45, 7) is 3.07. The van der Waals surface area contributed by atoms with Crippen molar-refractivity contribution in [2.75, 3.05) is 27.9 Å². The summed E-state index contributed by atoms with van der Waals surface area (Å²) in [6, 6.07) is 3.89. The molecule has 0 aliphatic rings. The quantitative estimate of drug-likeness (QED) is 0.605. The zero-order chi connectivity index (χ0) is 14.1. The van der Waals surface area contributed by atoms with Crippen LogP contribution in [0.25, 0.3) is 0 Å². The third-order valence-corrected chi connectivity index (χ3v) is 2.55. The summed E-state index contributed by atoms with van der Waals surface area (Å²) in [5, 5.41) is 3.10. The summed E-state index contributed by atoms with van der Waals surface area (Å²) in [6.07, 6.45) is 0.682. The first-order chi connectivity index (χ1) is 9.26. The fourth-order valence-corrected chi connectivity index (χ4v) is 1.71. The lowest BCUT2D eigenvalue weighted by atomic mass is 10.2. The van der Waals surface area contributed by atoms with E-state index in [1.807, 2.05) is 26.1 Å². The first-order valence-corrected chi connectivity index (χ1v) is 6.18. The van der Waals surface area contributed by atoms with E-state index in [1.165, 1.54) is 0 Å². The van der Waals surface area contributed by atoms with E-state index in [1.54, 1.807) is 14.2 Å². The van der Waals surface area contributed by atoms with Gasteiger partial charge in [-0.1, -0.05) is 0 Å². The van der Waals surface area contributed by atoms with Crippen LogP contribution in [0.1, 0.15) is 18.9 Å². The van der Waals surface area contributed by atoms with Crippen LogP contribution in [0, 0.1) is 11.8 Å². The molecule has 0 aliphatic carbocycles. The second-order valence-electron chi connectivity index (χ2n) is 3.89. The van der Waals surface area contributed by atoms with E-state index >= 15 is 0 Å². The minimum absolute atomic E-state index is 0.513. The van der Waals surface area contributed by atoms with Crippen LogP contribution in [0.5, 0.6) is 17.2 Å². The molecule has 0 saturated carbocycles. The van der Waals surface area contributed by atoms with Crippen LogP contribution < -0.4 is 19.5 Å². The lowest BCUT2D eigenvalue weighted by Crippen LogP contribution is -2.07. The summed E-state index contributed by atoms with van der Waals surface area (Å²) in [7, 11) is 5.14. The van der Waals surface area contributed by atoms with Crippen LogP contribution in [0.2, 0.25) is 0 Å². The molecule has 19 heavy (non-hydrogen) atoms. The Labute approximate surface area is 115 Å². The highest BCUT2D eigenvalue weighted by molar-refractivity contribution is 5.53. The van der Waals surface area contributed by atoms with Gasteiger partial charge in [-0.25, -0.2) is 0 Å². The van der Waals surface area contributed by atoms with Crippen LogP contribution in [-0.2, 0) is 6.54 Å². The molecule has 4 nitrogen and oxygen atoms in total. The van der Waals surface area contributed by atoms with E-state index in [2.05, 4.69) is 17.2 Å². The van der Waals surface area contributed by atoms with E-state index in [-0.39, 0.29) is 0 Å². The van der Waals surface area contributed by atoms with Gasteiger partial charge in [0.1, 0.15) is 0 Å². The van der Waals surface area contributed by atoms with E-state index in [0.29, 0.717) is 30.3 Å². The smallest absolute Gasteiger partial charge is 0.203 e. The number of ether oxygens (including phenoxy) is 3. The number of hydrogen-bond donors (Lipinski definition) is 1. The fraction of sp³-hybridized carbons (Fsp3) is 0.467. The topological polar surface area (TPSA) is 39.7 Å². The Morgan fingerprint density at radius 2 is 1.79 bits per heavy atom. The molecule has 0 heterocycles. The molecule has 4 heteroatoms.